The lowest BCUT2D eigenvalue weighted by molar-refractivity contribution is 0.149. The van der Waals surface area contributed by atoms with Gasteiger partial charge in [0.25, 0.3) is 0 Å². The molecule has 1 nitrogen and oxygen atoms in total. The quantitative estimate of drug-likeness (QED) is 0.334. The van der Waals surface area contributed by atoms with E-state index in [1.54, 1.807) is 0 Å². The number of aliphatic hydroxyl groups is 1. The first-order chi connectivity index (χ1) is 8.81. The largest absolute Gasteiger partial charge is 0.393 e. The molecule has 0 aromatic carbocycles. The molecule has 0 saturated carbocycles. The zero-order valence-corrected chi connectivity index (χ0v) is 12.7. The van der Waals surface area contributed by atoms with Crippen LogP contribution in [0.4, 0.5) is 0 Å². The van der Waals surface area contributed by atoms with Gasteiger partial charge in [-0.2, -0.15) is 0 Å². The number of unbranched alkanes of at least 4 members (excludes halogenated alkanes) is 7. The minimum Gasteiger partial charge on any atom is -0.393 e. The maximum atomic E-state index is 9.68. The normalized spacial score (nSPS) is 13.3. The van der Waals surface area contributed by atoms with Crippen LogP contribution in [-0.2, 0) is 0 Å². The highest BCUT2D eigenvalue weighted by molar-refractivity contribution is 4.81. The van der Waals surface area contributed by atoms with E-state index in [4.69, 9.17) is 0 Å². The monoisotopic (exact) mass is 254 g/mol. The number of aliphatic hydroxyl groups excluding tert-OH is 1. The molecule has 0 aliphatic carbocycles. The van der Waals surface area contributed by atoms with Crippen molar-refractivity contribution in [3.63, 3.8) is 0 Å². The topological polar surface area (TPSA) is 20.2 Å². The van der Waals surface area contributed by atoms with E-state index in [9.17, 15) is 5.11 Å². The van der Waals surface area contributed by atoms with Crippen LogP contribution in [-0.4, -0.2) is 11.2 Å². The number of rotatable bonds is 13. The molecular formula is C17H34O. The first-order valence-electron chi connectivity index (χ1n) is 8.14. The first-order valence-corrected chi connectivity index (χ1v) is 8.14. The lowest BCUT2D eigenvalue weighted by atomic mass is 10.1. The van der Waals surface area contributed by atoms with Crippen LogP contribution in [0.25, 0.3) is 0 Å². The predicted molar refractivity (Wildman–Crippen MR) is 81.9 cm³/mol. The summed E-state index contributed by atoms with van der Waals surface area (Å²) in [5.41, 5.74) is 0. The van der Waals surface area contributed by atoms with E-state index >= 15 is 0 Å². The Balaban J connectivity index is 3.17. The van der Waals surface area contributed by atoms with Crippen LogP contribution in [0.15, 0.2) is 12.2 Å². The Bertz CT molecular complexity index is 174. The van der Waals surface area contributed by atoms with E-state index in [0.29, 0.717) is 0 Å². The van der Waals surface area contributed by atoms with Gasteiger partial charge in [-0.15, -0.1) is 0 Å². The molecule has 0 aromatic heterocycles. The Labute approximate surface area is 115 Å². The highest BCUT2D eigenvalue weighted by atomic mass is 16.3. The molecule has 1 atom stereocenters. The lowest BCUT2D eigenvalue weighted by Crippen LogP contribution is -2.05. The molecule has 0 spiro atoms. The van der Waals surface area contributed by atoms with Crippen molar-refractivity contribution in [2.75, 3.05) is 0 Å². The van der Waals surface area contributed by atoms with E-state index in [2.05, 4.69) is 26.0 Å². The molecule has 108 valence electrons. The second-order valence-corrected chi connectivity index (χ2v) is 5.40. The van der Waals surface area contributed by atoms with Gasteiger partial charge in [-0.25, -0.2) is 0 Å². The summed E-state index contributed by atoms with van der Waals surface area (Å²) in [6.07, 6.45) is 19.2. The van der Waals surface area contributed by atoms with Crippen molar-refractivity contribution in [3.05, 3.63) is 12.2 Å². The summed E-state index contributed by atoms with van der Waals surface area (Å²) in [5, 5.41) is 9.68. The van der Waals surface area contributed by atoms with Gasteiger partial charge < -0.3 is 5.11 Å². The molecule has 0 aliphatic rings. The molecule has 0 amide bonds. The van der Waals surface area contributed by atoms with E-state index < -0.39 is 0 Å². The fourth-order valence-corrected chi connectivity index (χ4v) is 2.16. The number of hydrogen-bond acceptors (Lipinski definition) is 1. The maximum Gasteiger partial charge on any atom is 0.0540 e. The summed E-state index contributed by atoms with van der Waals surface area (Å²) in [5.74, 6) is 0. The SMILES string of the molecule is CCCCCCCC=CCCCC(O)CCCC. The van der Waals surface area contributed by atoms with Gasteiger partial charge in [0.05, 0.1) is 6.10 Å². The smallest absolute Gasteiger partial charge is 0.0540 e. The van der Waals surface area contributed by atoms with Crippen molar-refractivity contribution in [2.45, 2.75) is 97.0 Å². The third-order valence-corrected chi connectivity index (χ3v) is 3.44. The average Bonchev–Trinajstić information content (AvgIpc) is 2.38. The van der Waals surface area contributed by atoms with Crippen LogP contribution in [0.3, 0.4) is 0 Å². The van der Waals surface area contributed by atoms with Crippen molar-refractivity contribution in [1.29, 1.82) is 0 Å². The minimum atomic E-state index is -0.0626. The van der Waals surface area contributed by atoms with E-state index in [-0.39, 0.29) is 6.10 Å². The lowest BCUT2D eigenvalue weighted by Gasteiger charge is -2.07. The molecule has 0 bridgehead atoms. The molecule has 1 unspecified atom stereocenters. The van der Waals surface area contributed by atoms with Crippen LogP contribution in [0.2, 0.25) is 0 Å². The van der Waals surface area contributed by atoms with Gasteiger partial charge in [-0.05, 0) is 38.5 Å². The van der Waals surface area contributed by atoms with E-state index in [0.717, 1.165) is 32.1 Å². The zero-order valence-electron chi connectivity index (χ0n) is 12.7. The summed E-state index contributed by atoms with van der Waals surface area (Å²) in [7, 11) is 0. The fourth-order valence-electron chi connectivity index (χ4n) is 2.16. The van der Waals surface area contributed by atoms with Crippen LogP contribution in [0.5, 0.6) is 0 Å². The third kappa shape index (κ3) is 13.8. The Morgan fingerprint density at radius 3 is 1.94 bits per heavy atom. The first kappa shape index (κ1) is 17.7. The Morgan fingerprint density at radius 2 is 1.28 bits per heavy atom. The highest BCUT2D eigenvalue weighted by Crippen LogP contribution is 2.09. The summed E-state index contributed by atoms with van der Waals surface area (Å²) in [6.45, 7) is 4.44. The van der Waals surface area contributed by atoms with Gasteiger partial charge in [-0.3, -0.25) is 0 Å². The second-order valence-electron chi connectivity index (χ2n) is 5.40. The van der Waals surface area contributed by atoms with Crippen molar-refractivity contribution in [1.82, 2.24) is 0 Å². The molecule has 0 rings (SSSR count). The highest BCUT2D eigenvalue weighted by Gasteiger charge is 2.01. The third-order valence-electron chi connectivity index (χ3n) is 3.44. The van der Waals surface area contributed by atoms with E-state index in [1.807, 2.05) is 0 Å². The molecule has 18 heavy (non-hydrogen) atoms. The number of hydrogen-bond donors (Lipinski definition) is 1. The summed E-state index contributed by atoms with van der Waals surface area (Å²) >= 11 is 0. The van der Waals surface area contributed by atoms with Crippen LogP contribution >= 0.6 is 0 Å². The Kier molecular flexibility index (Phi) is 14.5. The molecule has 0 aromatic rings. The summed E-state index contributed by atoms with van der Waals surface area (Å²) < 4.78 is 0. The van der Waals surface area contributed by atoms with Gasteiger partial charge >= 0.3 is 0 Å². The predicted octanol–water partition coefficient (Wildman–Crippen LogP) is 5.62. The van der Waals surface area contributed by atoms with Crippen molar-refractivity contribution >= 4 is 0 Å². The molecule has 0 radical (unpaired) electrons. The molecule has 1 N–H and O–H groups in total. The van der Waals surface area contributed by atoms with Crippen molar-refractivity contribution < 1.29 is 5.11 Å². The second kappa shape index (κ2) is 14.8. The minimum absolute atomic E-state index is 0.0626. The van der Waals surface area contributed by atoms with Crippen LogP contribution in [0.1, 0.15) is 90.9 Å². The van der Waals surface area contributed by atoms with E-state index in [1.165, 1.54) is 44.9 Å². The standard InChI is InChI=1S/C17H34O/c1-3-5-7-8-9-10-11-12-13-14-16-17(18)15-6-4-2/h11-12,17-18H,3-10,13-16H2,1-2H3. The molecule has 1 heteroatoms. The molecule has 0 aliphatic heterocycles. The zero-order chi connectivity index (χ0) is 13.5. The van der Waals surface area contributed by atoms with Crippen molar-refractivity contribution in [3.8, 4) is 0 Å². The summed E-state index contributed by atoms with van der Waals surface area (Å²) in [4.78, 5) is 0. The van der Waals surface area contributed by atoms with Gasteiger partial charge in [0.1, 0.15) is 0 Å². The number of allylic oxidation sites excluding steroid dienone is 2. The summed E-state index contributed by atoms with van der Waals surface area (Å²) in [6, 6.07) is 0. The maximum absolute atomic E-state index is 9.68. The molecule has 0 saturated heterocycles. The fraction of sp³-hybridized carbons (Fsp3) is 0.882. The Hall–Kier alpha value is -0.300. The average molecular weight is 254 g/mol. The van der Waals surface area contributed by atoms with Crippen LogP contribution in [0, 0.1) is 0 Å². The van der Waals surface area contributed by atoms with Crippen molar-refractivity contribution in [2.24, 2.45) is 0 Å². The van der Waals surface area contributed by atoms with Gasteiger partial charge in [-0.1, -0.05) is 64.5 Å². The molecular weight excluding hydrogens is 220 g/mol. The molecule has 0 heterocycles. The van der Waals surface area contributed by atoms with Gasteiger partial charge in [0.15, 0.2) is 0 Å². The van der Waals surface area contributed by atoms with Gasteiger partial charge in [0.2, 0.25) is 0 Å². The van der Waals surface area contributed by atoms with Gasteiger partial charge in [0, 0.05) is 0 Å². The Morgan fingerprint density at radius 1 is 0.722 bits per heavy atom. The van der Waals surface area contributed by atoms with Crippen LogP contribution < -0.4 is 0 Å². The molecule has 0 fully saturated rings.